The number of thioether (sulfide) groups is 1. The zero-order valence-corrected chi connectivity index (χ0v) is 12.5. The van der Waals surface area contributed by atoms with Crippen LogP contribution in [0.2, 0.25) is 0 Å². The van der Waals surface area contributed by atoms with E-state index in [1.807, 2.05) is 24.5 Å². The van der Waals surface area contributed by atoms with Crippen LogP contribution in [0.1, 0.15) is 18.6 Å². The number of hydrogen-bond acceptors (Lipinski definition) is 5. The van der Waals surface area contributed by atoms with Gasteiger partial charge in [-0.15, -0.1) is 11.8 Å². The summed E-state index contributed by atoms with van der Waals surface area (Å²) in [5.74, 6) is 0.726. The van der Waals surface area contributed by atoms with Gasteiger partial charge in [0.1, 0.15) is 5.75 Å². The molecule has 1 atom stereocenters. The Morgan fingerprint density at radius 1 is 1.24 bits per heavy atom. The molecule has 5 nitrogen and oxygen atoms in total. The first-order chi connectivity index (χ1) is 10.0. The van der Waals surface area contributed by atoms with Crippen LogP contribution in [0.3, 0.4) is 0 Å². The van der Waals surface area contributed by atoms with Gasteiger partial charge in [0.15, 0.2) is 0 Å². The van der Waals surface area contributed by atoms with Crippen LogP contribution in [0.5, 0.6) is 11.5 Å². The molecule has 0 fully saturated rings. The maximum absolute atomic E-state index is 11.2. The number of rotatable bonds is 5. The first-order valence-electron chi connectivity index (χ1n) is 6.30. The molecule has 0 bridgehead atoms. The predicted molar refractivity (Wildman–Crippen MR) is 82.0 cm³/mol. The fourth-order valence-electron chi connectivity index (χ4n) is 1.84. The lowest BCUT2D eigenvalue weighted by molar-refractivity contribution is -0.385. The van der Waals surface area contributed by atoms with Crippen molar-refractivity contribution in [2.24, 2.45) is 0 Å². The molecule has 2 rings (SSSR count). The van der Waals surface area contributed by atoms with E-state index in [2.05, 4.69) is 0 Å². The number of hydrogen-bond donors (Lipinski definition) is 1. The molecule has 6 heteroatoms. The smallest absolute Gasteiger partial charge is 0.311 e. The molecule has 0 amide bonds. The third-order valence-corrected chi connectivity index (χ3v) is 3.73. The van der Waals surface area contributed by atoms with Crippen molar-refractivity contribution in [3.8, 4) is 11.5 Å². The van der Waals surface area contributed by atoms with Crippen LogP contribution < -0.4 is 4.74 Å². The minimum Gasteiger partial charge on any atom is -0.449 e. The number of nitro benzene ring substituents is 1. The van der Waals surface area contributed by atoms with Gasteiger partial charge in [-0.3, -0.25) is 10.1 Å². The van der Waals surface area contributed by atoms with Crippen LogP contribution in [-0.2, 0) is 0 Å². The molecule has 0 aliphatic rings. The Bertz CT molecular complexity index is 658. The average Bonchev–Trinajstić information content (AvgIpc) is 2.47. The van der Waals surface area contributed by atoms with E-state index in [4.69, 9.17) is 4.74 Å². The number of para-hydroxylation sites is 1. The molecular weight excluding hydrogens is 290 g/mol. The van der Waals surface area contributed by atoms with Gasteiger partial charge < -0.3 is 9.84 Å². The van der Waals surface area contributed by atoms with E-state index in [1.165, 1.54) is 23.9 Å². The summed E-state index contributed by atoms with van der Waals surface area (Å²) in [6, 6.07) is 11.8. The lowest BCUT2D eigenvalue weighted by Crippen LogP contribution is -1.98. The van der Waals surface area contributed by atoms with Crippen LogP contribution >= 0.6 is 11.8 Å². The molecule has 0 aliphatic heterocycles. The molecule has 0 heterocycles. The lowest BCUT2D eigenvalue weighted by Gasteiger charge is -2.11. The predicted octanol–water partition coefficient (Wildman–Crippen LogP) is 4.16. The molecule has 0 saturated carbocycles. The first kappa shape index (κ1) is 15.3. The van der Waals surface area contributed by atoms with Gasteiger partial charge in [-0.05, 0) is 36.9 Å². The van der Waals surface area contributed by atoms with E-state index in [9.17, 15) is 15.2 Å². The van der Waals surface area contributed by atoms with Crippen molar-refractivity contribution in [3.63, 3.8) is 0 Å². The number of aliphatic hydroxyl groups excluding tert-OH is 1. The monoisotopic (exact) mass is 305 g/mol. The van der Waals surface area contributed by atoms with Crippen LogP contribution in [0.25, 0.3) is 0 Å². The van der Waals surface area contributed by atoms with Crippen molar-refractivity contribution in [2.75, 3.05) is 6.26 Å². The maximum Gasteiger partial charge on any atom is 0.311 e. The summed E-state index contributed by atoms with van der Waals surface area (Å²) in [5, 5.41) is 20.7. The van der Waals surface area contributed by atoms with Crippen molar-refractivity contribution in [3.05, 3.63) is 58.1 Å². The van der Waals surface area contributed by atoms with E-state index in [0.717, 1.165) is 4.90 Å². The summed E-state index contributed by atoms with van der Waals surface area (Å²) in [6.45, 7) is 1.56. The van der Waals surface area contributed by atoms with E-state index in [1.54, 1.807) is 19.1 Å². The van der Waals surface area contributed by atoms with Crippen LogP contribution in [-0.4, -0.2) is 16.3 Å². The number of benzene rings is 2. The van der Waals surface area contributed by atoms with Crippen LogP contribution in [0.15, 0.2) is 47.4 Å². The second-order valence-corrected chi connectivity index (χ2v) is 5.26. The zero-order chi connectivity index (χ0) is 15.4. The molecule has 0 aromatic heterocycles. The SMILES string of the molecule is CSc1ccccc1Oc1ccc([C@@H](C)O)cc1[N+](=O)[O-]. The zero-order valence-electron chi connectivity index (χ0n) is 11.6. The normalized spacial score (nSPS) is 12.0. The highest BCUT2D eigenvalue weighted by molar-refractivity contribution is 7.98. The quantitative estimate of drug-likeness (QED) is 0.510. The Labute approximate surface area is 126 Å². The van der Waals surface area contributed by atoms with Crippen LogP contribution in [0, 0.1) is 10.1 Å². The van der Waals surface area contributed by atoms with E-state index in [-0.39, 0.29) is 11.4 Å². The second-order valence-electron chi connectivity index (χ2n) is 4.41. The molecule has 2 aromatic carbocycles. The van der Waals surface area contributed by atoms with Crippen molar-refractivity contribution >= 4 is 17.4 Å². The minimum atomic E-state index is -0.767. The highest BCUT2D eigenvalue weighted by Gasteiger charge is 2.19. The summed E-state index contributed by atoms with van der Waals surface area (Å²) in [6.07, 6.45) is 1.14. The summed E-state index contributed by atoms with van der Waals surface area (Å²) >= 11 is 1.50. The molecule has 0 aliphatic carbocycles. The Morgan fingerprint density at radius 3 is 2.57 bits per heavy atom. The Morgan fingerprint density at radius 2 is 1.95 bits per heavy atom. The van der Waals surface area contributed by atoms with Crippen molar-refractivity contribution in [2.45, 2.75) is 17.9 Å². The molecule has 0 spiro atoms. The van der Waals surface area contributed by atoms with Crippen molar-refractivity contribution in [1.82, 2.24) is 0 Å². The van der Waals surface area contributed by atoms with Gasteiger partial charge in [0.05, 0.1) is 11.0 Å². The highest BCUT2D eigenvalue weighted by Crippen LogP contribution is 2.37. The molecule has 110 valence electrons. The van der Waals surface area contributed by atoms with Gasteiger partial charge in [-0.2, -0.15) is 0 Å². The molecule has 1 N–H and O–H groups in total. The Hall–Kier alpha value is -2.05. The Balaban J connectivity index is 2.42. The Kier molecular flexibility index (Phi) is 4.82. The third-order valence-electron chi connectivity index (χ3n) is 2.95. The van der Waals surface area contributed by atoms with Gasteiger partial charge in [-0.25, -0.2) is 0 Å². The molecule has 21 heavy (non-hydrogen) atoms. The molecular formula is C15H15NO4S. The number of ether oxygens (including phenoxy) is 1. The number of nitro groups is 1. The summed E-state index contributed by atoms with van der Waals surface area (Å²) in [5.41, 5.74) is 0.316. The maximum atomic E-state index is 11.2. The molecule has 0 saturated heterocycles. The second kappa shape index (κ2) is 6.60. The number of aliphatic hydroxyl groups is 1. The van der Waals surface area contributed by atoms with Gasteiger partial charge in [0, 0.05) is 11.0 Å². The largest absolute Gasteiger partial charge is 0.449 e. The minimum absolute atomic E-state index is 0.158. The fourth-order valence-corrected chi connectivity index (χ4v) is 2.37. The van der Waals surface area contributed by atoms with Crippen LogP contribution in [0.4, 0.5) is 5.69 Å². The molecule has 0 radical (unpaired) electrons. The van der Waals surface area contributed by atoms with E-state index in [0.29, 0.717) is 11.3 Å². The van der Waals surface area contributed by atoms with E-state index >= 15 is 0 Å². The average molecular weight is 305 g/mol. The van der Waals surface area contributed by atoms with Gasteiger partial charge in [0.2, 0.25) is 5.75 Å². The topological polar surface area (TPSA) is 72.6 Å². The van der Waals surface area contributed by atoms with Gasteiger partial charge >= 0.3 is 5.69 Å². The van der Waals surface area contributed by atoms with Gasteiger partial charge in [-0.1, -0.05) is 18.2 Å². The van der Waals surface area contributed by atoms with Crippen molar-refractivity contribution < 1.29 is 14.8 Å². The fraction of sp³-hybridized carbons (Fsp3) is 0.200. The molecule has 0 unspecified atom stereocenters. The first-order valence-corrected chi connectivity index (χ1v) is 7.52. The highest BCUT2D eigenvalue weighted by atomic mass is 32.2. The third kappa shape index (κ3) is 3.53. The molecule has 2 aromatic rings. The van der Waals surface area contributed by atoms with Crippen molar-refractivity contribution in [1.29, 1.82) is 0 Å². The lowest BCUT2D eigenvalue weighted by atomic mass is 10.1. The summed E-state index contributed by atoms with van der Waals surface area (Å²) < 4.78 is 5.68. The van der Waals surface area contributed by atoms with Gasteiger partial charge in [0.25, 0.3) is 0 Å². The number of nitrogens with zero attached hydrogens (tertiary/aromatic N) is 1. The summed E-state index contributed by atoms with van der Waals surface area (Å²) in [4.78, 5) is 11.6. The summed E-state index contributed by atoms with van der Waals surface area (Å²) in [7, 11) is 0. The standard InChI is InChI=1S/C15H15NO4S/c1-10(17)11-7-8-13(12(9-11)16(18)19)20-14-5-3-4-6-15(14)21-2/h3-10,17H,1-2H3/t10-/m1/s1. The van der Waals surface area contributed by atoms with E-state index < -0.39 is 11.0 Å².